The largest absolute Gasteiger partial charge is 0.384 e. The predicted octanol–water partition coefficient (Wildman–Crippen LogP) is 1.76. The SMILES string of the molecule is C/C=C(\C=N/C)C(O)c1cccnc1. The molecule has 74 valence electrons. The van der Waals surface area contributed by atoms with Gasteiger partial charge < -0.3 is 5.11 Å². The third-order valence-electron chi connectivity index (χ3n) is 1.93. The normalized spacial score (nSPS) is 14.6. The van der Waals surface area contributed by atoms with Gasteiger partial charge >= 0.3 is 0 Å². The number of allylic oxidation sites excluding steroid dienone is 1. The minimum Gasteiger partial charge on any atom is -0.384 e. The van der Waals surface area contributed by atoms with Crippen LogP contribution in [0.15, 0.2) is 41.2 Å². The molecule has 1 heterocycles. The molecule has 1 atom stereocenters. The van der Waals surface area contributed by atoms with Crippen molar-refractivity contribution in [2.75, 3.05) is 7.05 Å². The number of nitrogens with zero attached hydrogens (tertiary/aromatic N) is 2. The van der Waals surface area contributed by atoms with E-state index in [-0.39, 0.29) is 0 Å². The van der Waals surface area contributed by atoms with Crippen molar-refractivity contribution in [3.8, 4) is 0 Å². The summed E-state index contributed by atoms with van der Waals surface area (Å²) in [4.78, 5) is 7.83. The van der Waals surface area contributed by atoms with Crippen molar-refractivity contribution in [3.63, 3.8) is 0 Å². The molecule has 0 aliphatic rings. The highest BCUT2D eigenvalue weighted by Gasteiger charge is 2.10. The van der Waals surface area contributed by atoms with Crippen LogP contribution < -0.4 is 0 Å². The maximum Gasteiger partial charge on any atom is 0.107 e. The van der Waals surface area contributed by atoms with Crippen molar-refractivity contribution >= 4 is 6.21 Å². The first-order chi connectivity index (χ1) is 6.79. The Kier molecular flexibility index (Phi) is 4.01. The molecule has 1 unspecified atom stereocenters. The Labute approximate surface area is 83.8 Å². The van der Waals surface area contributed by atoms with E-state index in [1.54, 1.807) is 31.7 Å². The molecular formula is C11H14N2O. The highest BCUT2D eigenvalue weighted by molar-refractivity contribution is 5.79. The number of rotatable bonds is 3. The van der Waals surface area contributed by atoms with E-state index in [0.29, 0.717) is 0 Å². The predicted molar refractivity (Wildman–Crippen MR) is 57.4 cm³/mol. The Bertz CT molecular complexity index is 330. The molecule has 0 amide bonds. The van der Waals surface area contributed by atoms with Gasteiger partial charge in [-0.1, -0.05) is 12.1 Å². The Morgan fingerprint density at radius 3 is 2.93 bits per heavy atom. The summed E-state index contributed by atoms with van der Waals surface area (Å²) >= 11 is 0. The average molecular weight is 190 g/mol. The van der Waals surface area contributed by atoms with Gasteiger partial charge in [-0.15, -0.1) is 0 Å². The second kappa shape index (κ2) is 5.29. The second-order valence-corrected chi connectivity index (χ2v) is 2.86. The van der Waals surface area contributed by atoms with E-state index in [9.17, 15) is 5.11 Å². The number of aliphatic hydroxyl groups excluding tert-OH is 1. The van der Waals surface area contributed by atoms with Crippen molar-refractivity contribution in [3.05, 3.63) is 41.7 Å². The summed E-state index contributed by atoms with van der Waals surface area (Å²) in [5.74, 6) is 0. The Morgan fingerprint density at radius 2 is 2.43 bits per heavy atom. The van der Waals surface area contributed by atoms with Crippen LogP contribution in [-0.4, -0.2) is 23.4 Å². The van der Waals surface area contributed by atoms with E-state index in [1.165, 1.54) is 0 Å². The summed E-state index contributed by atoms with van der Waals surface area (Å²) in [5, 5.41) is 9.91. The monoisotopic (exact) mass is 190 g/mol. The first-order valence-corrected chi connectivity index (χ1v) is 4.46. The van der Waals surface area contributed by atoms with Crippen molar-refractivity contribution in [1.82, 2.24) is 4.98 Å². The molecule has 0 saturated carbocycles. The summed E-state index contributed by atoms with van der Waals surface area (Å²) in [6.07, 6.45) is 6.18. The molecule has 0 bridgehead atoms. The van der Waals surface area contributed by atoms with Crippen molar-refractivity contribution < 1.29 is 5.11 Å². The zero-order chi connectivity index (χ0) is 10.4. The van der Waals surface area contributed by atoms with Gasteiger partial charge in [0.1, 0.15) is 6.10 Å². The summed E-state index contributed by atoms with van der Waals surface area (Å²) < 4.78 is 0. The zero-order valence-electron chi connectivity index (χ0n) is 8.38. The number of pyridine rings is 1. The van der Waals surface area contributed by atoms with E-state index in [0.717, 1.165) is 11.1 Å². The van der Waals surface area contributed by atoms with Crippen LogP contribution in [0.4, 0.5) is 0 Å². The smallest absolute Gasteiger partial charge is 0.107 e. The van der Waals surface area contributed by atoms with Gasteiger partial charge in [-0.25, -0.2) is 0 Å². The molecule has 1 rings (SSSR count). The fraction of sp³-hybridized carbons (Fsp3) is 0.273. The summed E-state index contributed by atoms with van der Waals surface area (Å²) in [6, 6.07) is 3.64. The Hall–Kier alpha value is -1.48. The highest BCUT2D eigenvalue weighted by Crippen LogP contribution is 2.18. The maximum atomic E-state index is 9.91. The molecule has 0 aliphatic carbocycles. The fourth-order valence-electron chi connectivity index (χ4n) is 1.18. The van der Waals surface area contributed by atoms with Gasteiger partial charge in [0.05, 0.1) is 0 Å². The molecule has 0 aliphatic heterocycles. The molecule has 0 radical (unpaired) electrons. The molecule has 1 aromatic heterocycles. The molecule has 0 saturated heterocycles. The van der Waals surface area contributed by atoms with Crippen molar-refractivity contribution in [1.29, 1.82) is 0 Å². The summed E-state index contributed by atoms with van der Waals surface area (Å²) in [6.45, 7) is 1.87. The molecule has 0 aromatic carbocycles. The van der Waals surface area contributed by atoms with Gasteiger partial charge in [-0.05, 0) is 18.6 Å². The van der Waals surface area contributed by atoms with E-state index in [2.05, 4.69) is 9.98 Å². The van der Waals surface area contributed by atoms with Crippen LogP contribution >= 0.6 is 0 Å². The van der Waals surface area contributed by atoms with Gasteiger partial charge in [-0.3, -0.25) is 9.98 Å². The number of hydrogen-bond acceptors (Lipinski definition) is 3. The lowest BCUT2D eigenvalue weighted by Gasteiger charge is -2.10. The maximum absolute atomic E-state index is 9.91. The Morgan fingerprint density at radius 1 is 1.64 bits per heavy atom. The van der Waals surface area contributed by atoms with Crippen molar-refractivity contribution in [2.45, 2.75) is 13.0 Å². The molecule has 1 aromatic rings. The average Bonchev–Trinajstić information content (AvgIpc) is 2.26. The lowest BCUT2D eigenvalue weighted by molar-refractivity contribution is 0.222. The van der Waals surface area contributed by atoms with Crippen LogP contribution in [0.1, 0.15) is 18.6 Å². The molecule has 14 heavy (non-hydrogen) atoms. The minimum atomic E-state index is -0.641. The molecule has 3 nitrogen and oxygen atoms in total. The van der Waals surface area contributed by atoms with E-state index in [4.69, 9.17) is 0 Å². The first kappa shape index (κ1) is 10.6. The molecule has 0 fully saturated rings. The number of aliphatic imine (C=N–C) groups is 1. The van der Waals surface area contributed by atoms with E-state index < -0.39 is 6.10 Å². The molecule has 0 spiro atoms. The van der Waals surface area contributed by atoms with Gasteiger partial charge in [0.25, 0.3) is 0 Å². The number of aromatic nitrogens is 1. The first-order valence-electron chi connectivity index (χ1n) is 4.46. The minimum absolute atomic E-state index is 0.641. The third kappa shape index (κ3) is 2.50. The number of aliphatic hydroxyl groups is 1. The zero-order valence-corrected chi connectivity index (χ0v) is 8.38. The second-order valence-electron chi connectivity index (χ2n) is 2.86. The van der Waals surface area contributed by atoms with Gasteiger partial charge in [0.15, 0.2) is 0 Å². The molecule has 1 N–H and O–H groups in total. The molecular weight excluding hydrogens is 176 g/mol. The highest BCUT2D eigenvalue weighted by atomic mass is 16.3. The van der Waals surface area contributed by atoms with Crippen LogP contribution in [0.5, 0.6) is 0 Å². The summed E-state index contributed by atoms with van der Waals surface area (Å²) in [7, 11) is 1.68. The summed E-state index contributed by atoms with van der Waals surface area (Å²) in [5.41, 5.74) is 1.56. The van der Waals surface area contributed by atoms with Crippen molar-refractivity contribution in [2.24, 2.45) is 4.99 Å². The molecule has 3 heteroatoms. The quantitative estimate of drug-likeness (QED) is 0.738. The van der Waals surface area contributed by atoms with Crippen LogP contribution in [-0.2, 0) is 0 Å². The van der Waals surface area contributed by atoms with E-state index in [1.807, 2.05) is 19.1 Å². The standard InChI is InChI=1S/C11H14N2O/c1-3-9(7-12-2)11(14)10-5-4-6-13-8-10/h3-8,11,14H,1-2H3/b9-3+,12-7-. The third-order valence-corrected chi connectivity index (χ3v) is 1.93. The Balaban J connectivity index is 2.89. The van der Waals surface area contributed by atoms with Crippen LogP contribution in [0.3, 0.4) is 0 Å². The van der Waals surface area contributed by atoms with Crippen LogP contribution in [0, 0.1) is 0 Å². The van der Waals surface area contributed by atoms with E-state index >= 15 is 0 Å². The van der Waals surface area contributed by atoms with Crippen LogP contribution in [0.2, 0.25) is 0 Å². The lowest BCUT2D eigenvalue weighted by atomic mass is 10.0. The topological polar surface area (TPSA) is 45.5 Å². The number of hydrogen-bond donors (Lipinski definition) is 1. The lowest BCUT2D eigenvalue weighted by Crippen LogP contribution is -2.02. The fourth-order valence-corrected chi connectivity index (χ4v) is 1.18. The van der Waals surface area contributed by atoms with Gasteiger partial charge in [0.2, 0.25) is 0 Å². The van der Waals surface area contributed by atoms with Gasteiger partial charge in [0, 0.05) is 31.2 Å². The van der Waals surface area contributed by atoms with Crippen LogP contribution in [0.25, 0.3) is 0 Å². The van der Waals surface area contributed by atoms with Gasteiger partial charge in [-0.2, -0.15) is 0 Å².